The minimum absolute atomic E-state index is 0.462. The fraction of sp³-hybridized carbons (Fsp3) is 0.0667. The first kappa shape index (κ1) is 30.8. The van der Waals surface area contributed by atoms with E-state index in [1.165, 1.54) is 0 Å². The van der Waals surface area contributed by atoms with Crippen LogP contribution in [0, 0.1) is 57.2 Å². The van der Waals surface area contributed by atoms with Crippen LogP contribution in [0.25, 0.3) is 32.3 Å². The third kappa shape index (κ3) is 5.12. The molecule has 7 aromatic carbocycles. The molecule has 7 aromatic rings. The Labute approximate surface area is 295 Å². The van der Waals surface area contributed by atoms with E-state index in [1.54, 1.807) is 0 Å². The molecule has 1 aliphatic rings. The Kier molecular flexibility index (Phi) is 7.33. The van der Waals surface area contributed by atoms with Crippen molar-refractivity contribution in [2.45, 2.75) is 18.9 Å². The quantitative estimate of drug-likeness (QED) is 0.131. The van der Waals surface area contributed by atoms with Crippen LogP contribution in [-0.4, -0.2) is 5.54 Å². The Hall–Kier alpha value is -7.56. The Bertz CT molecular complexity index is 2720. The van der Waals surface area contributed by atoms with Gasteiger partial charge in [0.25, 0.3) is 0 Å². The van der Waals surface area contributed by atoms with Gasteiger partial charge in [-0.15, -0.1) is 0 Å². The number of hydrogen-bond acceptors (Lipinski definition) is 6. The van der Waals surface area contributed by atoms with Crippen molar-refractivity contribution in [1.82, 2.24) is 0 Å². The summed E-state index contributed by atoms with van der Waals surface area (Å²) < 4.78 is 0. The number of nitrogens with zero attached hydrogens (tertiary/aromatic N) is 6. The van der Waals surface area contributed by atoms with E-state index in [2.05, 4.69) is 101 Å². The van der Waals surface area contributed by atoms with Gasteiger partial charge in [0.1, 0.15) is 11.6 Å². The number of nitriles is 4. The van der Waals surface area contributed by atoms with Crippen LogP contribution in [0.15, 0.2) is 133 Å². The van der Waals surface area contributed by atoms with Crippen molar-refractivity contribution < 1.29 is 0 Å². The summed E-state index contributed by atoms with van der Waals surface area (Å²) in [6.07, 6.45) is 2.44. The lowest BCUT2D eigenvalue weighted by Crippen LogP contribution is -2.43. The third-order valence-corrected chi connectivity index (χ3v) is 9.65. The maximum absolute atomic E-state index is 9.55. The molecule has 0 bridgehead atoms. The lowest BCUT2D eigenvalue weighted by Gasteiger charge is -2.40. The molecule has 0 aromatic heterocycles. The van der Waals surface area contributed by atoms with Gasteiger partial charge in [0.2, 0.25) is 0 Å². The topological polar surface area (TPSA) is 102 Å². The van der Waals surface area contributed by atoms with E-state index >= 15 is 0 Å². The normalized spacial score (nSPS) is 14.8. The fourth-order valence-electron chi connectivity index (χ4n) is 7.16. The van der Waals surface area contributed by atoms with E-state index in [0.29, 0.717) is 28.7 Å². The van der Waals surface area contributed by atoms with E-state index in [4.69, 9.17) is 0 Å². The van der Waals surface area contributed by atoms with E-state index in [1.807, 2.05) is 78.9 Å². The summed E-state index contributed by atoms with van der Waals surface area (Å²) in [6, 6.07) is 48.6. The van der Waals surface area contributed by atoms with Crippen LogP contribution >= 0.6 is 0 Å². The summed E-state index contributed by atoms with van der Waals surface area (Å²) in [6.45, 7) is 2.09. The molecular formula is C45H26N6. The minimum Gasteiger partial charge on any atom is -0.324 e. The highest BCUT2D eigenvalue weighted by molar-refractivity contribution is 6.28. The molecule has 0 aliphatic heterocycles. The van der Waals surface area contributed by atoms with Crippen molar-refractivity contribution >= 4 is 60.8 Å². The lowest BCUT2D eigenvalue weighted by atomic mass is 9.87. The van der Waals surface area contributed by atoms with E-state index in [0.717, 1.165) is 60.8 Å². The molecular weight excluding hydrogens is 625 g/mol. The van der Waals surface area contributed by atoms with Crippen LogP contribution < -0.4 is 9.80 Å². The first-order chi connectivity index (χ1) is 24.9. The Morgan fingerprint density at radius 1 is 0.529 bits per heavy atom. The van der Waals surface area contributed by atoms with Gasteiger partial charge in [-0.2, -0.15) is 21.0 Å². The molecule has 0 amide bonds. The van der Waals surface area contributed by atoms with Crippen molar-refractivity contribution in [3.8, 4) is 36.1 Å². The van der Waals surface area contributed by atoms with Gasteiger partial charge < -0.3 is 9.80 Å². The Balaban J connectivity index is 1.38. The standard InChI is InChI=1S/C45H26N6/c1-45(24-22-33(29-49)23-25-45)51(38-16-6-32(28-48)7-17-38)42-21-11-35-8-18-39-41(20-10-34-9-19-40(42)44(35)43(34)39)50(36-12-2-30(26-46)3-13-36)37-14-4-31(27-47)5-15-37/h2-22H,24H2,1H3. The molecule has 0 N–H and O–H groups in total. The van der Waals surface area contributed by atoms with Crippen LogP contribution in [0.3, 0.4) is 0 Å². The van der Waals surface area contributed by atoms with E-state index in [-0.39, 0.29) is 0 Å². The maximum atomic E-state index is 9.55. The molecule has 8 rings (SSSR count). The zero-order chi connectivity index (χ0) is 35.1. The third-order valence-electron chi connectivity index (χ3n) is 9.65. The molecule has 0 heterocycles. The van der Waals surface area contributed by atoms with Gasteiger partial charge >= 0.3 is 0 Å². The molecule has 6 nitrogen and oxygen atoms in total. The second-order valence-corrected chi connectivity index (χ2v) is 12.7. The van der Waals surface area contributed by atoms with Crippen LogP contribution in [0.1, 0.15) is 30.0 Å². The van der Waals surface area contributed by atoms with Gasteiger partial charge in [-0.1, -0.05) is 54.3 Å². The Morgan fingerprint density at radius 2 is 0.980 bits per heavy atom. The van der Waals surface area contributed by atoms with Gasteiger partial charge in [-0.05, 0) is 113 Å². The van der Waals surface area contributed by atoms with E-state index < -0.39 is 5.54 Å². The molecule has 236 valence electrons. The van der Waals surface area contributed by atoms with Crippen LogP contribution in [0.4, 0.5) is 28.4 Å². The number of rotatable bonds is 6. The summed E-state index contributed by atoms with van der Waals surface area (Å²) in [7, 11) is 0. The SMILES string of the molecule is CC1(N(c2ccc(C#N)cc2)c2ccc3ccc4c(N(c5ccc(C#N)cc5)c5ccc(C#N)cc5)ccc5ccc2c3c54)C#CC(C#N)=CC1. The van der Waals surface area contributed by atoms with Gasteiger partial charge in [0.15, 0.2) is 0 Å². The second-order valence-electron chi connectivity index (χ2n) is 12.7. The molecule has 0 saturated heterocycles. The maximum Gasteiger partial charge on any atom is 0.108 e. The van der Waals surface area contributed by atoms with Gasteiger partial charge in [0.05, 0.1) is 51.8 Å². The Morgan fingerprint density at radius 3 is 1.43 bits per heavy atom. The summed E-state index contributed by atoms with van der Waals surface area (Å²) in [5.74, 6) is 6.48. The number of benzene rings is 7. The van der Waals surface area contributed by atoms with Crippen molar-refractivity contribution in [3.63, 3.8) is 0 Å². The average molecular weight is 651 g/mol. The first-order valence-electron chi connectivity index (χ1n) is 16.4. The van der Waals surface area contributed by atoms with Gasteiger partial charge in [-0.25, -0.2) is 0 Å². The van der Waals surface area contributed by atoms with Gasteiger partial charge in [-0.3, -0.25) is 0 Å². The lowest BCUT2D eigenvalue weighted by molar-refractivity contribution is 0.593. The predicted octanol–water partition coefficient (Wildman–Crippen LogP) is 10.4. The molecule has 1 atom stereocenters. The van der Waals surface area contributed by atoms with Crippen molar-refractivity contribution in [2.24, 2.45) is 0 Å². The monoisotopic (exact) mass is 650 g/mol. The molecule has 0 spiro atoms. The summed E-state index contributed by atoms with van der Waals surface area (Å²) in [5.41, 5.74) is 6.09. The summed E-state index contributed by atoms with van der Waals surface area (Å²) in [5, 5.41) is 44.6. The molecule has 1 aliphatic carbocycles. The fourth-order valence-corrected chi connectivity index (χ4v) is 7.16. The van der Waals surface area contributed by atoms with Crippen LogP contribution in [0.2, 0.25) is 0 Å². The zero-order valence-corrected chi connectivity index (χ0v) is 27.5. The average Bonchev–Trinajstić information content (AvgIpc) is 3.19. The second kappa shape index (κ2) is 12.2. The largest absolute Gasteiger partial charge is 0.324 e. The highest BCUT2D eigenvalue weighted by Gasteiger charge is 2.34. The van der Waals surface area contributed by atoms with Gasteiger partial charge in [0, 0.05) is 34.3 Å². The number of allylic oxidation sites excluding steroid dienone is 1. The smallest absolute Gasteiger partial charge is 0.108 e. The number of anilines is 5. The molecule has 0 fully saturated rings. The molecule has 0 saturated carbocycles. The summed E-state index contributed by atoms with van der Waals surface area (Å²) >= 11 is 0. The number of hydrogen-bond donors (Lipinski definition) is 0. The van der Waals surface area contributed by atoms with E-state index in [9.17, 15) is 21.0 Å². The van der Waals surface area contributed by atoms with Crippen LogP contribution in [0.5, 0.6) is 0 Å². The van der Waals surface area contributed by atoms with Crippen molar-refractivity contribution in [2.75, 3.05) is 9.80 Å². The molecule has 0 radical (unpaired) electrons. The predicted molar refractivity (Wildman–Crippen MR) is 202 cm³/mol. The highest BCUT2D eigenvalue weighted by atomic mass is 15.2. The molecule has 51 heavy (non-hydrogen) atoms. The van der Waals surface area contributed by atoms with Crippen LogP contribution in [-0.2, 0) is 0 Å². The molecule has 6 heteroatoms. The molecule has 1 unspecified atom stereocenters. The summed E-state index contributed by atoms with van der Waals surface area (Å²) in [4.78, 5) is 4.40. The van der Waals surface area contributed by atoms with Crippen molar-refractivity contribution in [1.29, 1.82) is 21.0 Å². The first-order valence-corrected chi connectivity index (χ1v) is 16.4. The zero-order valence-electron chi connectivity index (χ0n) is 27.5. The minimum atomic E-state index is -0.676. The highest BCUT2D eigenvalue weighted by Crippen LogP contribution is 2.47. The van der Waals surface area contributed by atoms with Crippen molar-refractivity contribution in [3.05, 3.63) is 150 Å².